The summed E-state index contributed by atoms with van der Waals surface area (Å²) >= 11 is 5.87. The van der Waals surface area contributed by atoms with Gasteiger partial charge in [0.2, 0.25) is 15.9 Å². The monoisotopic (exact) mass is 380 g/mol. The lowest BCUT2D eigenvalue weighted by molar-refractivity contribution is -0.131. The topological polar surface area (TPSA) is 57.7 Å². The zero-order valence-corrected chi connectivity index (χ0v) is 16.0. The van der Waals surface area contributed by atoms with Crippen LogP contribution >= 0.6 is 11.6 Å². The number of nitrogens with zero attached hydrogens (tertiary/aromatic N) is 2. The Morgan fingerprint density at radius 3 is 2.16 bits per heavy atom. The molecule has 7 heteroatoms. The van der Waals surface area contributed by atoms with Crippen LogP contribution in [0.1, 0.15) is 12.5 Å². The van der Waals surface area contributed by atoms with Crippen LogP contribution in [0.5, 0.6) is 0 Å². The zero-order valence-electron chi connectivity index (χ0n) is 14.4. The molecule has 0 aliphatic heterocycles. The van der Waals surface area contributed by atoms with Crippen molar-refractivity contribution in [2.75, 3.05) is 17.6 Å². The Hall–Kier alpha value is -2.05. The molecule has 134 valence electrons. The van der Waals surface area contributed by atoms with Crippen LogP contribution < -0.4 is 4.31 Å². The molecule has 1 amide bonds. The van der Waals surface area contributed by atoms with E-state index in [1.807, 2.05) is 12.1 Å². The zero-order chi connectivity index (χ0) is 18.6. The molecule has 0 N–H and O–H groups in total. The molecule has 0 saturated carbocycles. The normalized spacial score (nSPS) is 12.5. The van der Waals surface area contributed by atoms with Gasteiger partial charge in [-0.25, -0.2) is 8.42 Å². The highest BCUT2D eigenvalue weighted by Crippen LogP contribution is 2.21. The Morgan fingerprint density at radius 1 is 1.08 bits per heavy atom. The Kier molecular flexibility index (Phi) is 6.08. The summed E-state index contributed by atoms with van der Waals surface area (Å²) < 4.78 is 25.6. The van der Waals surface area contributed by atoms with Gasteiger partial charge < -0.3 is 4.90 Å². The Labute approximate surface area is 153 Å². The highest BCUT2D eigenvalue weighted by molar-refractivity contribution is 7.92. The Morgan fingerprint density at radius 2 is 1.64 bits per heavy atom. The molecule has 0 radical (unpaired) electrons. The fourth-order valence-electron chi connectivity index (χ4n) is 2.64. The van der Waals surface area contributed by atoms with Crippen molar-refractivity contribution in [3.63, 3.8) is 0 Å². The van der Waals surface area contributed by atoms with Gasteiger partial charge in [-0.1, -0.05) is 41.9 Å². The predicted molar refractivity (Wildman–Crippen MR) is 101 cm³/mol. The molecule has 0 aliphatic carbocycles. The molecule has 0 spiro atoms. The second-order valence-electron chi connectivity index (χ2n) is 5.89. The Bertz CT molecular complexity index is 823. The third-order valence-electron chi connectivity index (χ3n) is 3.79. The first-order chi connectivity index (χ1) is 11.7. The number of halogens is 1. The lowest BCUT2D eigenvalue weighted by Crippen LogP contribution is -2.48. The third-order valence-corrected chi connectivity index (χ3v) is 5.28. The molecule has 0 bridgehead atoms. The van der Waals surface area contributed by atoms with Gasteiger partial charge in [-0.2, -0.15) is 0 Å². The van der Waals surface area contributed by atoms with E-state index in [1.165, 1.54) is 4.90 Å². The van der Waals surface area contributed by atoms with E-state index in [9.17, 15) is 13.2 Å². The van der Waals surface area contributed by atoms with Crippen molar-refractivity contribution in [3.05, 3.63) is 65.2 Å². The van der Waals surface area contributed by atoms with Crippen LogP contribution in [0, 0.1) is 0 Å². The van der Waals surface area contributed by atoms with Crippen LogP contribution in [0.25, 0.3) is 0 Å². The highest BCUT2D eigenvalue weighted by Gasteiger charge is 2.30. The van der Waals surface area contributed by atoms with Crippen LogP contribution in [0.4, 0.5) is 5.69 Å². The van der Waals surface area contributed by atoms with E-state index in [0.29, 0.717) is 17.3 Å². The van der Waals surface area contributed by atoms with Gasteiger partial charge in [0.05, 0.1) is 11.9 Å². The molecular formula is C18H21ClN2O3S. The lowest BCUT2D eigenvalue weighted by atomic mass is 10.2. The first-order valence-corrected chi connectivity index (χ1v) is 9.96. The molecule has 5 nitrogen and oxygen atoms in total. The largest absolute Gasteiger partial charge is 0.340 e. The van der Waals surface area contributed by atoms with Crippen molar-refractivity contribution < 1.29 is 13.2 Å². The van der Waals surface area contributed by atoms with Crippen molar-refractivity contribution in [1.82, 2.24) is 4.90 Å². The van der Waals surface area contributed by atoms with Gasteiger partial charge in [-0.15, -0.1) is 0 Å². The van der Waals surface area contributed by atoms with Gasteiger partial charge >= 0.3 is 0 Å². The first-order valence-electron chi connectivity index (χ1n) is 7.74. The smallest absolute Gasteiger partial charge is 0.246 e. The SMILES string of the molecule is C[C@@H](C(=O)N(C)Cc1ccc(Cl)cc1)N(c1ccccc1)S(C)(=O)=O. The van der Waals surface area contributed by atoms with Crippen LogP contribution in [-0.2, 0) is 21.4 Å². The number of carbonyl (C=O) groups excluding carboxylic acids is 1. The third kappa shape index (κ3) is 4.96. The first kappa shape index (κ1) is 19.3. The molecule has 0 heterocycles. The highest BCUT2D eigenvalue weighted by atomic mass is 35.5. The molecule has 0 saturated heterocycles. The average Bonchev–Trinajstić information content (AvgIpc) is 2.56. The summed E-state index contributed by atoms with van der Waals surface area (Å²) in [5.74, 6) is -0.288. The second kappa shape index (κ2) is 7.89. The van der Waals surface area contributed by atoms with Crippen molar-refractivity contribution in [2.24, 2.45) is 0 Å². The fraction of sp³-hybridized carbons (Fsp3) is 0.278. The summed E-state index contributed by atoms with van der Waals surface area (Å²) in [5, 5.41) is 0.624. The molecule has 2 aromatic carbocycles. The molecule has 0 unspecified atom stereocenters. The van der Waals surface area contributed by atoms with E-state index in [1.54, 1.807) is 56.4 Å². The number of carbonyl (C=O) groups is 1. The number of rotatable bonds is 6. The maximum absolute atomic E-state index is 12.8. The lowest BCUT2D eigenvalue weighted by Gasteiger charge is -2.31. The van der Waals surface area contributed by atoms with Crippen LogP contribution in [0.2, 0.25) is 5.02 Å². The van der Waals surface area contributed by atoms with Crippen LogP contribution in [0.3, 0.4) is 0 Å². The molecule has 0 aromatic heterocycles. The Balaban J connectivity index is 2.21. The number of anilines is 1. The summed E-state index contributed by atoms with van der Waals surface area (Å²) in [6, 6.07) is 14.9. The minimum absolute atomic E-state index is 0.288. The number of hydrogen-bond donors (Lipinski definition) is 0. The molecular weight excluding hydrogens is 360 g/mol. The molecule has 0 fully saturated rings. The van der Waals surface area contributed by atoms with Crippen molar-refractivity contribution in [2.45, 2.75) is 19.5 Å². The van der Waals surface area contributed by atoms with Gasteiger partial charge in [-0.05, 0) is 36.8 Å². The number of likely N-dealkylation sites (N-methyl/N-ethyl adjacent to an activating group) is 1. The quantitative estimate of drug-likeness (QED) is 0.773. The van der Waals surface area contributed by atoms with Gasteiger partial charge in [0.1, 0.15) is 6.04 Å². The van der Waals surface area contributed by atoms with Gasteiger partial charge in [0.15, 0.2) is 0 Å². The summed E-state index contributed by atoms with van der Waals surface area (Å²) in [7, 11) is -1.95. The number of amides is 1. The molecule has 1 atom stereocenters. The molecule has 2 aromatic rings. The number of sulfonamides is 1. The van der Waals surface area contributed by atoms with Crippen molar-refractivity contribution in [1.29, 1.82) is 0 Å². The van der Waals surface area contributed by atoms with Crippen molar-refractivity contribution >= 4 is 33.2 Å². The molecule has 0 aliphatic rings. The predicted octanol–water partition coefficient (Wildman–Crippen LogP) is 3.15. The summed E-state index contributed by atoms with van der Waals surface area (Å²) in [5.41, 5.74) is 1.38. The maximum Gasteiger partial charge on any atom is 0.246 e. The summed E-state index contributed by atoms with van der Waals surface area (Å²) in [4.78, 5) is 14.3. The summed E-state index contributed by atoms with van der Waals surface area (Å²) in [6.45, 7) is 1.96. The van der Waals surface area contributed by atoms with Crippen LogP contribution in [-0.4, -0.2) is 38.6 Å². The standard InChI is InChI=1S/C18H21ClN2O3S/c1-14(21(25(3,23)24)17-7-5-4-6-8-17)18(22)20(2)13-15-9-11-16(19)12-10-15/h4-12,14H,13H2,1-3H3/t14-/m0/s1. The van der Waals surface area contributed by atoms with E-state index < -0.39 is 16.1 Å². The van der Waals surface area contributed by atoms with E-state index in [0.717, 1.165) is 16.1 Å². The van der Waals surface area contributed by atoms with E-state index in [4.69, 9.17) is 11.6 Å². The average molecular weight is 381 g/mol. The second-order valence-corrected chi connectivity index (χ2v) is 8.19. The van der Waals surface area contributed by atoms with E-state index in [2.05, 4.69) is 0 Å². The van der Waals surface area contributed by atoms with Gasteiger partial charge in [0.25, 0.3) is 0 Å². The number of para-hydroxylation sites is 1. The maximum atomic E-state index is 12.8. The van der Waals surface area contributed by atoms with E-state index >= 15 is 0 Å². The van der Waals surface area contributed by atoms with Crippen molar-refractivity contribution in [3.8, 4) is 0 Å². The van der Waals surface area contributed by atoms with Gasteiger partial charge in [0, 0.05) is 18.6 Å². The van der Waals surface area contributed by atoms with Gasteiger partial charge in [-0.3, -0.25) is 9.10 Å². The number of benzene rings is 2. The van der Waals surface area contributed by atoms with E-state index in [-0.39, 0.29) is 5.91 Å². The molecule has 2 rings (SSSR count). The molecule has 25 heavy (non-hydrogen) atoms. The van der Waals surface area contributed by atoms with Crippen LogP contribution in [0.15, 0.2) is 54.6 Å². The number of hydrogen-bond acceptors (Lipinski definition) is 3. The summed E-state index contributed by atoms with van der Waals surface area (Å²) in [6.07, 6.45) is 1.10. The minimum Gasteiger partial charge on any atom is -0.340 e. The minimum atomic E-state index is -3.61. The fourth-order valence-corrected chi connectivity index (χ4v) is 3.93.